The van der Waals surface area contributed by atoms with Crippen LogP contribution in [-0.4, -0.2) is 23.5 Å². The molecule has 0 aliphatic heterocycles. The lowest BCUT2D eigenvalue weighted by atomic mass is 10.2. The molecule has 1 atom stereocenters. The lowest BCUT2D eigenvalue weighted by molar-refractivity contribution is 0.0954. The summed E-state index contributed by atoms with van der Waals surface area (Å²) in [5.74, 6) is 0.512. The number of halogens is 2. The van der Waals surface area contributed by atoms with E-state index < -0.39 is 0 Å². The van der Waals surface area contributed by atoms with Gasteiger partial charge >= 0.3 is 0 Å². The second kappa shape index (κ2) is 8.48. The molecule has 1 heterocycles. The minimum absolute atomic E-state index is 0. The maximum Gasteiger partial charge on any atom is 0.263 e. The first-order valence-corrected chi connectivity index (χ1v) is 7.60. The van der Waals surface area contributed by atoms with E-state index in [-0.39, 0.29) is 36.8 Å². The second-order valence-corrected chi connectivity index (χ2v) is 6.14. The molecule has 0 bridgehead atoms. The Bertz CT molecular complexity index is 602. The number of nitrogens with two attached hydrogens (primary N) is 1. The van der Waals surface area contributed by atoms with Crippen molar-refractivity contribution in [3.05, 3.63) is 41.4 Å². The van der Waals surface area contributed by atoms with Crippen LogP contribution in [0.5, 0.6) is 0 Å². The first kappa shape index (κ1) is 18.9. The van der Waals surface area contributed by atoms with E-state index >= 15 is 0 Å². The number of nitrogens with one attached hydrogen (secondary N) is 1. The standard InChI is InChI=1S/C15H17N3OS.2ClH/c16-12(10-6-7-10)8-17-14(19)13-9-18-15(20-13)11-4-2-1-3-5-11;;/h1-5,9-10,12H,6-8,16H2,(H,17,19);2*1H. The molecular formula is C15H19Cl2N3OS. The summed E-state index contributed by atoms with van der Waals surface area (Å²) in [5, 5.41) is 3.75. The van der Waals surface area contributed by atoms with Gasteiger partial charge in [-0.2, -0.15) is 0 Å². The third-order valence-corrected chi connectivity index (χ3v) is 4.52. The molecule has 1 amide bonds. The molecule has 22 heavy (non-hydrogen) atoms. The van der Waals surface area contributed by atoms with Gasteiger partial charge in [-0.25, -0.2) is 4.98 Å². The van der Waals surface area contributed by atoms with E-state index in [1.807, 2.05) is 30.3 Å². The summed E-state index contributed by atoms with van der Waals surface area (Å²) < 4.78 is 0. The highest BCUT2D eigenvalue weighted by Crippen LogP contribution is 2.31. The lowest BCUT2D eigenvalue weighted by Crippen LogP contribution is -2.38. The monoisotopic (exact) mass is 359 g/mol. The van der Waals surface area contributed by atoms with Crippen LogP contribution in [0.2, 0.25) is 0 Å². The molecule has 0 radical (unpaired) electrons. The van der Waals surface area contributed by atoms with Gasteiger partial charge in [0.1, 0.15) is 9.88 Å². The molecule has 0 spiro atoms. The van der Waals surface area contributed by atoms with Gasteiger partial charge in [0.15, 0.2) is 0 Å². The Morgan fingerprint density at radius 1 is 1.32 bits per heavy atom. The molecule has 1 fully saturated rings. The normalized spacial score (nSPS) is 14.4. The fourth-order valence-electron chi connectivity index (χ4n) is 2.08. The van der Waals surface area contributed by atoms with Crippen molar-refractivity contribution in [2.75, 3.05) is 6.54 Å². The van der Waals surface area contributed by atoms with Gasteiger partial charge in [0.05, 0.1) is 6.20 Å². The molecule has 7 heteroatoms. The Balaban J connectivity index is 0.00000121. The maximum atomic E-state index is 12.0. The molecule has 3 N–H and O–H groups in total. The molecule has 1 aromatic carbocycles. The molecule has 1 aliphatic rings. The maximum absolute atomic E-state index is 12.0. The second-order valence-electron chi connectivity index (χ2n) is 5.11. The van der Waals surface area contributed by atoms with Crippen LogP contribution < -0.4 is 11.1 Å². The predicted octanol–water partition coefficient (Wildman–Crippen LogP) is 3.12. The minimum atomic E-state index is -0.0826. The topological polar surface area (TPSA) is 68.0 Å². The highest BCUT2D eigenvalue weighted by Gasteiger charge is 2.28. The molecule has 4 nitrogen and oxygen atoms in total. The van der Waals surface area contributed by atoms with Crippen LogP contribution >= 0.6 is 36.2 Å². The van der Waals surface area contributed by atoms with E-state index in [1.165, 1.54) is 24.2 Å². The third kappa shape index (κ3) is 4.68. The average Bonchev–Trinajstić information content (AvgIpc) is 3.22. The van der Waals surface area contributed by atoms with E-state index in [0.29, 0.717) is 17.3 Å². The van der Waals surface area contributed by atoms with Crippen molar-refractivity contribution >= 4 is 42.1 Å². The number of carbonyl (C=O) groups is 1. The molecule has 120 valence electrons. The highest BCUT2D eigenvalue weighted by atomic mass is 35.5. The number of amides is 1. The number of benzene rings is 1. The molecular weight excluding hydrogens is 341 g/mol. The van der Waals surface area contributed by atoms with Crippen molar-refractivity contribution in [2.45, 2.75) is 18.9 Å². The number of hydrogen-bond acceptors (Lipinski definition) is 4. The van der Waals surface area contributed by atoms with Gasteiger partial charge in [-0.05, 0) is 18.8 Å². The Kier molecular flexibility index (Phi) is 7.29. The van der Waals surface area contributed by atoms with Gasteiger partial charge in [0.2, 0.25) is 0 Å². The van der Waals surface area contributed by atoms with Gasteiger partial charge in [0, 0.05) is 18.2 Å². The Labute approximate surface area is 146 Å². The van der Waals surface area contributed by atoms with Gasteiger partial charge in [-0.3, -0.25) is 4.79 Å². The lowest BCUT2D eigenvalue weighted by Gasteiger charge is -2.10. The van der Waals surface area contributed by atoms with Crippen molar-refractivity contribution in [3.8, 4) is 10.6 Å². The summed E-state index contributed by atoms with van der Waals surface area (Å²) in [7, 11) is 0. The van der Waals surface area contributed by atoms with E-state index in [1.54, 1.807) is 6.20 Å². The molecule has 1 aromatic heterocycles. The number of nitrogens with zero attached hydrogens (tertiary/aromatic N) is 1. The zero-order chi connectivity index (χ0) is 13.9. The van der Waals surface area contributed by atoms with E-state index in [2.05, 4.69) is 10.3 Å². The summed E-state index contributed by atoms with van der Waals surface area (Å²) in [6.45, 7) is 0.544. The zero-order valence-electron chi connectivity index (χ0n) is 11.9. The minimum Gasteiger partial charge on any atom is -0.350 e. The van der Waals surface area contributed by atoms with E-state index in [4.69, 9.17) is 5.73 Å². The summed E-state index contributed by atoms with van der Waals surface area (Å²) in [5.41, 5.74) is 7.01. The molecule has 1 unspecified atom stereocenters. The van der Waals surface area contributed by atoms with Crippen molar-refractivity contribution in [1.29, 1.82) is 0 Å². The number of carbonyl (C=O) groups excluding carboxylic acids is 1. The Morgan fingerprint density at radius 3 is 2.64 bits per heavy atom. The Morgan fingerprint density at radius 2 is 2.00 bits per heavy atom. The predicted molar refractivity (Wildman–Crippen MR) is 95.1 cm³/mol. The highest BCUT2D eigenvalue weighted by molar-refractivity contribution is 7.16. The molecule has 2 aromatic rings. The van der Waals surface area contributed by atoms with E-state index in [9.17, 15) is 4.79 Å². The van der Waals surface area contributed by atoms with Gasteiger partial charge in [-0.1, -0.05) is 30.3 Å². The summed E-state index contributed by atoms with van der Waals surface area (Å²) in [6.07, 6.45) is 4.01. The van der Waals surface area contributed by atoms with Crippen LogP contribution in [0.15, 0.2) is 36.5 Å². The fraction of sp³-hybridized carbons (Fsp3) is 0.333. The first-order valence-electron chi connectivity index (χ1n) is 6.79. The van der Waals surface area contributed by atoms with Crippen molar-refractivity contribution in [1.82, 2.24) is 10.3 Å². The molecule has 0 saturated heterocycles. The zero-order valence-corrected chi connectivity index (χ0v) is 14.3. The number of thiazole rings is 1. The SMILES string of the molecule is Cl.Cl.NC(CNC(=O)c1cnc(-c2ccccc2)s1)C1CC1. The molecule has 1 aliphatic carbocycles. The largest absolute Gasteiger partial charge is 0.350 e. The van der Waals surface area contributed by atoms with E-state index in [0.717, 1.165) is 10.6 Å². The summed E-state index contributed by atoms with van der Waals surface area (Å²) >= 11 is 1.41. The van der Waals surface area contributed by atoms with Gasteiger partial charge in [0.25, 0.3) is 5.91 Å². The number of aromatic nitrogens is 1. The van der Waals surface area contributed by atoms with Crippen LogP contribution in [0.1, 0.15) is 22.5 Å². The van der Waals surface area contributed by atoms with Gasteiger partial charge in [-0.15, -0.1) is 36.2 Å². The van der Waals surface area contributed by atoms with Crippen LogP contribution in [0.4, 0.5) is 0 Å². The molecule has 3 rings (SSSR count). The smallest absolute Gasteiger partial charge is 0.263 e. The van der Waals surface area contributed by atoms with Crippen LogP contribution in [0.25, 0.3) is 10.6 Å². The Hall–Kier alpha value is -1.14. The van der Waals surface area contributed by atoms with Gasteiger partial charge < -0.3 is 11.1 Å². The molecule has 1 saturated carbocycles. The first-order chi connectivity index (χ1) is 9.74. The van der Waals surface area contributed by atoms with Crippen molar-refractivity contribution in [3.63, 3.8) is 0 Å². The number of rotatable bonds is 5. The number of hydrogen-bond donors (Lipinski definition) is 2. The van der Waals surface area contributed by atoms with Crippen LogP contribution in [-0.2, 0) is 0 Å². The quantitative estimate of drug-likeness (QED) is 0.861. The van der Waals surface area contributed by atoms with Crippen LogP contribution in [0.3, 0.4) is 0 Å². The average molecular weight is 360 g/mol. The fourth-order valence-corrected chi connectivity index (χ4v) is 2.92. The van der Waals surface area contributed by atoms with Crippen LogP contribution in [0, 0.1) is 5.92 Å². The third-order valence-electron chi connectivity index (χ3n) is 3.48. The summed E-state index contributed by atoms with van der Waals surface area (Å²) in [4.78, 5) is 17.0. The van der Waals surface area contributed by atoms with Crippen molar-refractivity contribution < 1.29 is 4.79 Å². The van der Waals surface area contributed by atoms with Crippen molar-refractivity contribution in [2.24, 2.45) is 11.7 Å². The summed E-state index contributed by atoms with van der Waals surface area (Å²) in [6, 6.07) is 9.95.